The standard InChI is InChI=1S/C13H17N5O2S.C2HF3O2/c1-7-14-12(20-17-7)10-5-9-3-4-18(6-11(9)19-10)13-16-15-8(2)21-13;3-2(4,5)1(6)7/h9-11H,3-6H2,1-2H3;(H,6,7)/t9-,10+,11+;/m0./s1. The molecule has 0 spiro atoms. The Morgan fingerprint density at radius 1 is 1.32 bits per heavy atom. The Labute approximate surface area is 161 Å². The molecule has 3 atom stereocenters. The van der Waals surface area contributed by atoms with Crippen LogP contribution in [0, 0.1) is 19.8 Å². The Kier molecular flexibility index (Phi) is 5.84. The lowest BCUT2D eigenvalue weighted by atomic mass is 9.92. The number of nitrogens with zero attached hydrogens (tertiary/aromatic N) is 5. The molecule has 2 saturated heterocycles. The van der Waals surface area contributed by atoms with E-state index < -0.39 is 12.1 Å². The number of hydrogen-bond donors (Lipinski definition) is 1. The summed E-state index contributed by atoms with van der Waals surface area (Å²) in [4.78, 5) is 15.5. The third kappa shape index (κ3) is 4.76. The fourth-order valence-electron chi connectivity index (χ4n) is 3.12. The van der Waals surface area contributed by atoms with Crippen molar-refractivity contribution in [3.05, 3.63) is 16.7 Å². The highest BCUT2D eigenvalue weighted by Crippen LogP contribution is 2.41. The number of alkyl halides is 3. The smallest absolute Gasteiger partial charge is 0.475 e. The summed E-state index contributed by atoms with van der Waals surface area (Å²) in [7, 11) is 0. The lowest BCUT2D eigenvalue weighted by Gasteiger charge is -2.33. The van der Waals surface area contributed by atoms with E-state index in [0.717, 1.165) is 36.1 Å². The van der Waals surface area contributed by atoms with Gasteiger partial charge in [0.1, 0.15) is 11.1 Å². The van der Waals surface area contributed by atoms with E-state index in [-0.39, 0.29) is 12.2 Å². The number of aryl methyl sites for hydroxylation is 2. The zero-order chi connectivity index (χ0) is 20.5. The maximum atomic E-state index is 10.6. The minimum Gasteiger partial charge on any atom is -0.475 e. The number of aliphatic carboxylic acids is 1. The lowest BCUT2D eigenvalue weighted by molar-refractivity contribution is -0.192. The summed E-state index contributed by atoms with van der Waals surface area (Å²) in [6.07, 6.45) is -2.86. The molecular weight excluding hydrogens is 403 g/mol. The fraction of sp³-hybridized carbons (Fsp3) is 0.667. The van der Waals surface area contributed by atoms with Gasteiger partial charge in [-0.05, 0) is 32.6 Å². The van der Waals surface area contributed by atoms with Gasteiger partial charge in [0.15, 0.2) is 5.82 Å². The van der Waals surface area contributed by atoms with Gasteiger partial charge in [-0.3, -0.25) is 0 Å². The minimum atomic E-state index is -5.08. The molecule has 0 saturated carbocycles. The molecule has 0 aromatic carbocycles. The summed E-state index contributed by atoms with van der Waals surface area (Å²) in [5.41, 5.74) is 0. The Hall–Kier alpha value is -2.28. The summed E-state index contributed by atoms with van der Waals surface area (Å²) >= 11 is 1.64. The van der Waals surface area contributed by atoms with Crippen LogP contribution in [-0.4, -0.2) is 56.8 Å². The van der Waals surface area contributed by atoms with Crippen LogP contribution < -0.4 is 4.90 Å². The lowest BCUT2D eigenvalue weighted by Crippen LogP contribution is -2.42. The maximum absolute atomic E-state index is 10.6. The molecule has 0 bridgehead atoms. The van der Waals surface area contributed by atoms with Gasteiger partial charge in [-0.2, -0.15) is 18.2 Å². The van der Waals surface area contributed by atoms with Gasteiger partial charge in [0, 0.05) is 13.1 Å². The second kappa shape index (κ2) is 7.99. The van der Waals surface area contributed by atoms with E-state index in [1.807, 2.05) is 13.8 Å². The van der Waals surface area contributed by atoms with Crippen molar-refractivity contribution in [2.24, 2.45) is 5.92 Å². The first-order chi connectivity index (χ1) is 13.1. The molecule has 2 fully saturated rings. The monoisotopic (exact) mass is 421 g/mol. The van der Waals surface area contributed by atoms with E-state index in [1.165, 1.54) is 0 Å². The molecule has 0 aliphatic carbocycles. The maximum Gasteiger partial charge on any atom is 0.490 e. The first-order valence-electron chi connectivity index (χ1n) is 8.44. The van der Waals surface area contributed by atoms with Crippen LogP contribution in [-0.2, 0) is 9.53 Å². The average Bonchev–Trinajstić information content (AvgIpc) is 3.32. The van der Waals surface area contributed by atoms with E-state index >= 15 is 0 Å². The number of anilines is 1. The second-order valence-electron chi connectivity index (χ2n) is 6.48. The van der Waals surface area contributed by atoms with Gasteiger partial charge in [0.2, 0.25) is 5.13 Å². The van der Waals surface area contributed by atoms with Crippen molar-refractivity contribution in [1.82, 2.24) is 20.3 Å². The van der Waals surface area contributed by atoms with E-state index in [0.29, 0.717) is 17.6 Å². The Bertz CT molecular complexity index is 788. The van der Waals surface area contributed by atoms with Crippen molar-refractivity contribution in [3.63, 3.8) is 0 Å². The summed E-state index contributed by atoms with van der Waals surface area (Å²) in [5.74, 6) is -0.922. The molecule has 2 aliphatic heterocycles. The second-order valence-corrected chi connectivity index (χ2v) is 7.64. The van der Waals surface area contributed by atoms with Crippen molar-refractivity contribution in [2.45, 2.75) is 45.1 Å². The SMILES string of the molecule is Cc1noc([C@H]2C[C@@H]3CCN(c4nnc(C)s4)C[C@H]3O2)n1.O=C(O)C(F)(F)F. The van der Waals surface area contributed by atoms with Crippen LogP contribution in [0.1, 0.15) is 35.7 Å². The van der Waals surface area contributed by atoms with Gasteiger partial charge in [0.25, 0.3) is 5.89 Å². The Morgan fingerprint density at radius 3 is 2.57 bits per heavy atom. The number of carboxylic acids is 1. The molecule has 4 rings (SSSR count). The molecule has 9 nitrogen and oxygen atoms in total. The van der Waals surface area contributed by atoms with Crippen LogP contribution >= 0.6 is 11.3 Å². The van der Waals surface area contributed by atoms with Gasteiger partial charge >= 0.3 is 12.1 Å². The van der Waals surface area contributed by atoms with Crippen LogP contribution in [0.25, 0.3) is 0 Å². The van der Waals surface area contributed by atoms with E-state index in [4.69, 9.17) is 19.2 Å². The number of fused-ring (bicyclic) bond motifs is 1. The number of aromatic nitrogens is 4. The molecule has 2 aromatic heterocycles. The number of piperidine rings is 1. The Morgan fingerprint density at radius 2 is 2.04 bits per heavy atom. The molecule has 2 aromatic rings. The van der Waals surface area contributed by atoms with E-state index in [1.54, 1.807) is 11.3 Å². The first-order valence-corrected chi connectivity index (χ1v) is 9.26. The molecule has 0 radical (unpaired) electrons. The highest BCUT2D eigenvalue weighted by molar-refractivity contribution is 7.15. The summed E-state index contributed by atoms with van der Waals surface area (Å²) in [6.45, 7) is 5.68. The molecule has 1 N–H and O–H groups in total. The van der Waals surface area contributed by atoms with Crippen molar-refractivity contribution in [3.8, 4) is 0 Å². The normalized spacial score (nSPS) is 24.5. The van der Waals surface area contributed by atoms with Crippen LogP contribution in [0.2, 0.25) is 0 Å². The Balaban J connectivity index is 0.000000279. The fourth-order valence-corrected chi connectivity index (χ4v) is 3.84. The van der Waals surface area contributed by atoms with Gasteiger partial charge in [-0.25, -0.2) is 4.79 Å². The van der Waals surface area contributed by atoms with Crippen molar-refractivity contribution < 1.29 is 32.3 Å². The molecule has 154 valence electrons. The topological polar surface area (TPSA) is 114 Å². The molecule has 2 aliphatic rings. The summed E-state index contributed by atoms with van der Waals surface area (Å²) < 4.78 is 43.1. The van der Waals surface area contributed by atoms with Crippen molar-refractivity contribution in [2.75, 3.05) is 18.0 Å². The third-order valence-corrected chi connectivity index (χ3v) is 5.30. The van der Waals surface area contributed by atoms with Gasteiger partial charge in [-0.1, -0.05) is 16.5 Å². The summed E-state index contributed by atoms with van der Waals surface area (Å²) in [6, 6.07) is 0. The van der Waals surface area contributed by atoms with E-state index in [9.17, 15) is 13.2 Å². The highest BCUT2D eigenvalue weighted by Gasteiger charge is 2.42. The van der Waals surface area contributed by atoms with E-state index in [2.05, 4.69) is 25.2 Å². The van der Waals surface area contributed by atoms with Crippen LogP contribution in [0.15, 0.2) is 4.52 Å². The van der Waals surface area contributed by atoms with Crippen molar-refractivity contribution in [1.29, 1.82) is 0 Å². The predicted molar refractivity (Wildman–Crippen MR) is 89.9 cm³/mol. The minimum absolute atomic E-state index is 0.0580. The van der Waals surface area contributed by atoms with Crippen molar-refractivity contribution >= 4 is 22.4 Å². The number of hydrogen-bond acceptors (Lipinski definition) is 9. The molecule has 0 unspecified atom stereocenters. The quantitative estimate of drug-likeness (QED) is 0.781. The van der Waals surface area contributed by atoms with Crippen LogP contribution in [0.3, 0.4) is 0 Å². The van der Waals surface area contributed by atoms with Gasteiger partial charge < -0.3 is 19.3 Å². The van der Waals surface area contributed by atoms with Gasteiger partial charge in [0.05, 0.1) is 6.10 Å². The largest absolute Gasteiger partial charge is 0.490 e. The highest BCUT2D eigenvalue weighted by atomic mass is 32.1. The number of carboxylic acid groups (broad SMARTS) is 1. The van der Waals surface area contributed by atoms with Crippen LogP contribution in [0.4, 0.5) is 18.3 Å². The van der Waals surface area contributed by atoms with Crippen LogP contribution in [0.5, 0.6) is 0 Å². The molecule has 4 heterocycles. The first kappa shape index (κ1) is 20.5. The molecule has 0 amide bonds. The molecule has 28 heavy (non-hydrogen) atoms. The predicted octanol–water partition coefficient (Wildman–Crippen LogP) is 2.53. The average molecular weight is 421 g/mol. The number of carbonyl (C=O) groups is 1. The summed E-state index contributed by atoms with van der Waals surface area (Å²) in [5, 5.41) is 21.3. The zero-order valence-electron chi connectivity index (χ0n) is 15.0. The zero-order valence-corrected chi connectivity index (χ0v) is 15.8. The number of ether oxygens (including phenoxy) is 1. The number of rotatable bonds is 2. The molecular formula is C15H18F3N5O4S. The third-order valence-electron chi connectivity index (χ3n) is 4.40. The van der Waals surface area contributed by atoms with Gasteiger partial charge in [-0.15, -0.1) is 10.2 Å². The number of halogens is 3. The molecule has 13 heteroatoms.